The van der Waals surface area contributed by atoms with E-state index in [-0.39, 0.29) is 5.92 Å². The molecule has 2 heteroatoms. The van der Waals surface area contributed by atoms with Crippen molar-refractivity contribution < 1.29 is 9.90 Å². The lowest BCUT2D eigenvalue weighted by molar-refractivity contribution is -0.147. The topological polar surface area (TPSA) is 37.3 Å². The maximum Gasteiger partial charge on any atom is 0.314 e. The highest BCUT2D eigenvalue weighted by Crippen LogP contribution is 2.47. The first-order valence-corrected chi connectivity index (χ1v) is 4.35. The van der Waals surface area contributed by atoms with Crippen LogP contribution in [0.15, 0.2) is 24.3 Å². The molecule has 1 fully saturated rings. The summed E-state index contributed by atoms with van der Waals surface area (Å²) in [6.07, 6.45) is 10.5. The Kier molecular flexibility index (Phi) is 1.56. The highest BCUT2D eigenvalue weighted by Gasteiger charge is 2.46. The van der Waals surface area contributed by atoms with Gasteiger partial charge in [0, 0.05) is 0 Å². The highest BCUT2D eigenvalue weighted by molar-refractivity contribution is 5.79. The van der Waals surface area contributed by atoms with E-state index in [1.165, 1.54) is 0 Å². The number of hydrogen-bond acceptors (Lipinski definition) is 1. The van der Waals surface area contributed by atoms with Crippen molar-refractivity contribution in [1.29, 1.82) is 0 Å². The molecule has 12 heavy (non-hydrogen) atoms. The monoisotopic (exact) mass is 164 g/mol. The molecular formula is C10H12O2. The van der Waals surface area contributed by atoms with E-state index >= 15 is 0 Å². The van der Waals surface area contributed by atoms with E-state index in [0.29, 0.717) is 0 Å². The van der Waals surface area contributed by atoms with Gasteiger partial charge in [-0.25, -0.2) is 0 Å². The highest BCUT2D eigenvalue weighted by atomic mass is 16.4. The van der Waals surface area contributed by atoms with Gasteiger partial charge in [0.05, 0.1) is 5.41 Å². The first-order chi connectivity index (χ1) is 5.76. The van der Waals surface area contributed by atoms with Crippen molar-refractivity contribution in [1.82, 2.24) is 0 Å². The third kappa shape index (κ3) is 0.840. The van der Waals surface area contributed by atoms with Crippen molar-refractivity contribution in [2.75, 3.05) is 0 Å². The quantitative estimate of drug-likeness (QED) is 0.643. The Morgan fingerprint density at radius 1 is 1.50 bits per heavy atom. The zero-order valence-electron chi connectivity index (χ0n) is 6.86. The Hall–Kier alpha value is -1.05. The maximum absolute atomic E-state index is 11.1. The third-order valence-electron chi connectivity index (χ3n) is 3.01. The molecule has 2 aliphatic carbocycles. The van der Waals surface area contributed by atoms with Gasteiger partial charge >= 0.3 is 5.97 Å². The van der Waals surface area contributed by atoms with Crippen LogP contribution in [0.25, 0.3) is 0 Å². The molecule has 64 valence electrons. The lowest BCUT2D eigenvalue weighted by Crippen LogP contribution is -2.32. The van der Waals surface area contributed by atoms with Gasteiger partial charge in [0.1, 0.15) is 0 Å². The number of carboxylic acid groups (broad SMARTS) is 1. The minimum absolute atomic E-state index is 0.236. The maximum atomic E-state index is 11.1. The van der Waals surface area contributed by atoms with Gasteiger partial charge in [-0.1, -0.05) is 30.7 Å². The summed E-state index contributed by atoms with van der Waals surface area (Å²) in [4.78, 5) is 11.1. The molecule has 0 aromatic carbocycles. The molecular weight excluding hydrogens is 152 g/mol. The van der Waals surface area contributed by atoms with E-state index in [1.807, 2.05) is 24.3 Å². The summed E-state index contributed by atoms with van der Waals surface area (Å²) in [5.41, 5.74) is -0.561. The van der Waals surface area contributed by atoms with E-state index < -0.39 is 11.4 Å². The van der Waals surface area contributed by atoms with Gasteiger partial charge in [-0.15, -0.1) is 0 Å². The second-order valence-electron chi connectivity index (χ2n) is 3.59. The second kappa shape index (κ2) is 2.47. The minimum Gasteiger partial charge on any atom is -0.481 e. The van der Waals surface area contributed by atoms with E-state index in [9.17, 15) is 4.79 Å². The predicted octanol–water partition coefficient (Wildman–Crippen LogP) is 1.98. The van der Waals surface area contributed by atoms with Gasteiger partial charge < -0.3 is 5.11 Å². The number of allylic oxidation sites excluding steroid dienone is 3. The summed E-state index contributed by atoms with van der Waals surface area (Å²) in [6, 6.07) is 0. The van der Waals surface area contributed by atoms with Crippen LogP contribution in [0.3, 0.4) is 0 Å². The molecule has 0 bridgehead atoms. The van der Waals surface area contributed by atoms with Gasteiger partial charge in [-0.05, 0) is 18.8 Å². The Balaban J connectivity index is 2.38. The number of carboxylic acids is 1. The predicted molar refractivity (Wildman–Crippen MR) is 45.7 cm³/mol. The molecule has 0 spiro atoms. The second-order valence-corrected chi connectivity index (χ2v) is 3.59. The molecule has 1 N–H and O–H groups in total. The largest absolute Gasteiger partial charge is 0.481 e. The molecule has 2 aliphatic rings. The molecule has 0 aromatic heterocycles. The fourth-order valence-electron chi connectivity index (χ4n) is 2.29. The van der Waals surface area contributed by atoms with Crippen molar-refractivity contribution in [2.24, 2.45) is 11.3 Å². The summed E-state index contributed by atoms with van der Waals surface area (Å²) in [7, 11) is 0. The lowest BCUT2D eigenvalue weighted by Gasteiger charge is -2.27. The number of fused-ring (bicyclic) bond motifs is 1. The molecule has 0 aliphatic heterocycles. The van der Waals surface area contributed by atoms with Crippen LogP contribution >= 0.6 is 0 Å². The van der Waals surface area contributed by atoms with E-state index in [2.05, 4.69) is 0 Å². The van der Waals surface area contributed by atoms with Crippen LogP contribution in [0.4, 0.5) is 0 Å². The molecule has 2 unspecified atom stereocenters. The first kappa shape index (κ1) is 7.59. The third-order valence-corrected chi connectivity index (χ3v) is 3.01. The normalized spacial score (nSPS) is 38.2. The van der Waals surface area contributed by atoms with Gasteiger partial charge in [0.25, 0.3) is 0 Å². The standard InChI is InChI=1S/C10H12O2/c11-9(12)10-6-2-1-4-8(10)5-3-7-10/h1-2,4,6,8H,3,5,7H2,(H,11,12). The zero-order chi connectivity index (χ0) is 8.60. The van der Waals surface area contributed by atoms with Gasteiger partial charge in [-0.3, -0.25) is 4.79 Å². The van der Waals surface area contributed by atoms with Gasteiger partial charge in [0.15, 0.2) is 0 Å². The lowest BCUT2D eigenvalue weighted by atomic mass is 9.75. The van der Waals surface area contributed by atoms with Crippen molar-refractivity contribution >= 4 is 5.97 Å². The Labute approximate surface area is 71.6 Å². The molecule has 2 rings (SSSR count). The molecule has 0 amide bonds. The van der Waals surface area contributed by atoms with Crippen molar-refractivity contribution in [3.05, 3.63) is 24.3 Å². The van der Waals surface area contributed by atoms with Crippen LogP contribution in [0.2, 0.25) is 0 Å². The van der Waals surface area contributed by atoms with Crippen LogP contribution in [0, 0.1) is 11.3 Å². The van der Waals surface area contributed by atoms with Crippen molar-refractivity contribution in [2.45, 2.75) is 19.3 Å². The molecule has 0 radical (unpaired) electrons. The zero-order valence-corrected chi connectivity index (χ0v) is 6.86. The molecule has 1 saturated carbocycles. The summed E-state index contributed by atoms with van der Waals surface area (Å²) in [5, 5.41) is 9.11. The minimum atomic E-state index is -0.661. The average Bonchev–Trinajstić information content (AvgIpc) is 2.48. The summed E-state index contributed by atoms with van der Waals surface area (Å²) < 4.78 is 0. The van der Waals surface area contributed by atoms with E-state index in [4.69, 9.17) is 5.11 Å². The van der Waals surface area contributed by atoms with Crippen LogP contribution in [0.1, 0.15) is 19.3 Å². The SMILES string of the molecule is O=C(O)C12C=CC=CC1CCC2. The molecule has 0 saturated heterocycles. The van der Waals surface area contributed by atoms with Crippen LogP contribution in [-0.2, 0) is 4.79 Å². The average molecular weight is 164 g/mol. The van der Waals surface area contributed by atoms with Gasteiger partial charge in [0.2, 0.25) is 0 Å². The number of aliphatic carboxylic acids is 1. The Morgan fingerprint density at radius 3 is 3.00 bits per heavy atom. The van der Waals surface area contributed by atoms with Crippen molar-refractivity contribution in [3.8, 4) is 0 Å². The molecule has 0 aromatic rings. The summed E-state index contributed by atoms with van der Waals surface area (Å²) in [5.74, 6) is -0.425. The fourth-order valence-corrected chi connectivity index (χ4v) is 2.29. The van der Waals surface area contributed by atoms with Crippen LogP contribution < -0.4 is 0 Å². The number of rotatable bonds is 1. The first-order valence-electron chi connectivity index (χ1n) is 4.35. The molecule has 2 atom stereocenters. The molecule has 0 heterocycles. The Morgan fingerprint density at radius 2 is 2.33 bits per heavy atom. The van der Waals surface area contributed by atoms with Gasteiger partial charge in [-0.2, -0.15) is 0 Å². The number of carbonyl (C=O) groups is 1. The van der Waals surface area contributed by atoms with Crippen LogP contribution in [-0.4, -0.2) is 11.1 Å². The van der Waals surface area contributed by atoms with Crippen LogP contribution in [0.5, 0.6) is 0 Å². The Bertz CT molecular complexity index is 265. The smallest absolute Gasteiger partial charge is 0.314 e. The molecule has 2 nitrogen and oxygen atoms in total. The summed E-state index contributed by atoms with van der Waals surface area (Å²) >= 11 is 0. The van der Waals surface area contributed by atoms with E-state index in [1.54, 1.807) is 0 Å². The fraction of sp³-hybridized carbons (Fsp3) is 0.500. The summed E-state index contributed by atoms with van der Waals surface area (Å²) in [6.45, 7) is 0. The van der Waals surface area contributed by atoms with Crippen molar-refractivity contribution in [3.63, 3.8) is 0 Å². The van der Waals surface area contributed by atoms with E-state index in [0.717, 1.165) is 19.3 Å². The number of hydrogen-bond donors (Lipinski definition) is 1.